The van der Waals surface area contributed by atoms with Crippen LogP contribution in [0.4, 0.5) is 10.2 Å². The largest absolute Gasteiger partial charge is 0.480 e. The van der Waals surface area contributed by atoms with Gasteiger partial charge in [0, 0.05) is 30.1 Å². The van der Waals surface area contributed by atoms with Crippen molar-refractivity contribution in [2.24, 2.45) is 5.92 Å². The van der Waals surface area contributed by atoms with Gasteiger partial charge in [0.1, 0.15) is 17.2 Å². The van der Waals surface area contributed by atoms with Crippen molar-refractivity contribution in [2.45, 2.75) is 75.4 Å². The van der Waals surface area contributed by atoms with Crippen LogP contribution in [0.15, 0.2) is 71.5 Å². The number of pyridine rings is 1. The van der Waals surface area contributed by atoms with Crippen LogP contribution in [0.2, 0.25) is 0 Å². The third-order valence-electron chi connectivity index (χ3n) is 8.80. The Hall–Kier alpha value is -3.78. The number of nitrogen functional groups attached to an aromatic ring is 1. The molecule has 0 radical (unpaired) electrons. The summed E-state index contributed by atoms with van der Waals surface area (Å²) in [6.07, 6.45) is 6.91. The van der Waals surface area contributed by atoms with Gasteiger partial charge < -0.3 is 10.8 Å². The third-order valence-corrected chi connectivity index (χ3v) is 8.80. The molecule has 2 fully saturated rings. The van der Waals surface area contributed by atoms with Gasteiger partial charge in [0.25, 0.3) is 5.56 Å². The van der Waals surface area contributed by atoms with Crippen LogP contribution in [0.1, 0.15) is 78.9 Å². The predicted octanol–water partition coefficient (Wildman–Crippen LogP) is 5.13. The first-order valence-electron chi connectivity index (χ1n) is 14.1. The van der Waals surface area contributed by atoms with Crippen molar-refractivity contribution in [3.8, 4) is 0 Å². The Kier molecular flexibility index (Phi) is 8.17. The highest BCUT2D eigenvalue weighted by atomic mass is 19.1. The van der Waals surface area contributed by atoms with Crippen LogP contribution in [0, 0.1) is 11.7 Å². The molecular formula is C32H36FN3O4. The number of ketones is 1. The number of rotatable bonds is 9. The van der Waals surface area contributed by atoms with Crippen LogP contribution in [0.25, 0.3) is 0 Å². The average Bonchev–Trinajstić information content (AvgIpc) is 3.50. The number of carboxylic acids is 1. The summed E-state index contributed by atoms with van der Waals surface area (Å²) in [7, 11) is 0. The van der Waals surface area contributed by atoms with Gasteiger partial charge in [-0.1, -0.05) is 43.2 Å². The summed E-state index contributed by atoms with van der Waals surface area (Å²) in [5, 5.41) is 14.2. The van der Waals surface area contributed by atoms with Gasteiger partial charge in [-0.05, 0) is 80.3 Å². The van der Waals surface area contributed by atoms with Gasteiger partial charge in [-0.3, -0.25) is 24.3 Å². The molecule has 0 bridgehead atoms. The molecule has 210 valence electrons. The molecule has 0 saturated heterocycles. The zero-order valence-electron chi connectivity index (χ0n) is 22.5. The molecule has 0 spiro atoms. The van der Waals surface area contributed by atoms with Gasteiger partial charge in [0.15, 0.2) is 5.78 Å². The fourth-order valence-electron chi connectivity index (χ4n) is 6.70. The Morgan fingerprint density at radius 1 is 0.925 bits per heavy atom. The maximum Gasteiger partial charge on any atom is 0.324 e. The minimum absolute atomic E-state index is 0.0161. The van der Waals surface area contributed by atoms with Gasteiger partial charge >= 0.3 is 5.97 Å². The molecule has 3 aromatic rings. The first kappa shape index (κ1) is 27.8. The number of carbonyl (C=O) groups is 2. The second-order valence-corrected chi connectivity index (χ2v) is 11.2. The van der Waals surface area contributed by atoms with E-state index in [1.807, 2.05) is 30.3 Å². The molecule has 0 amide bonds. The van der Waals surface area contributed by atoms with E-state index in [4.69, 9.17) is 5.73 Å². The van der Waals surface area contributed by atoms with Gasteiger partial charge in [-0.2, -0.15) is 0 Å². The lowest BCUT2D eigenvalue weighted by molar-refractivity contribution is -0.148. The van der Waals surface area contributed by atoms with Crippen LogP contribution in [0.5, 0.6) is 0 Å². The van der Waals surface area contributed by atoms with Crippen LogP contribution in [-0.4, -0.2) is 33.0 Å². The zero-order valence-corrected chi connectivity index (χ0v) is 22.5. The molecule has 1 heterocycles. The summed E-state index contributed by atoms with van der Waals surface area (Å²) >= 11 is 0. The van der Waals surface area contributed by atoms with E-state index in [1.165, 1.54) is 41.0 Å². The Bertz CT molecular complexity index is 1410. The lowest BCUT2D eigenvalue weighted by Gasteiger charge is -2.42. The van der Waals surface area contributed by atoms with Gasteiger partial charge in [0.05, 0.1) is 5.56 Å². The minimum atomic E-state index is -1.05. The molecule has 2 aromatic carbocycles. The second kappa shape index (κ2) is 11.8. The van der Waals surface area contributed by atoms with Crippen molar-refractivity contribution in [3.05, 3.63) is 99.6 Å². The summed E-state index contributed by atoms with van der Waals surface area (Å²) in [6, 6.07) is 17.6. The standard InChI is InChI=1S/C32H36FN3O4/c33-24-12-10-22(11-13-24)29(38)27-18-19-28(37)36(30(27)34)26-16-14-25(15-17-26)35-32(31(39)40,23-8-4-5-9-23)20-21-6-2-1-3-7-21/h1-3,6-7,10-13,18-19,23,25-26,35H,4-5,8-9,14-17,20,34H2,(H,39,40)/t25?,26?,32-/m0/s1. The average molecular weight is 546 g/mol. The normalized spacial score (nSPS) is 21.1. The molecule has 0 aliphatic heterocycles. The quantitative estimate of drug-likeness (QED) is 0.321. The van der Waals surface area contributed by atoms with Crippen molar-refractivity contribution in [1.29, 1.82) is 0 Å². The second-order valence-electron chi connectivity index (χ2n) is 11.2. The fraction of sp³-hybridized carbons (Fsp3) is 0.406. The van der Waals surface area contributed by atoms with Gasteiger partial charge in [0.2, 0.25) is 0 Å². The minimum Gasteiger partial charge on any atom is -0.480 e. The van der Waals surface area contributed by atoms with Crippen LogP contribution in [-0.2, 0) is 11.2 Å². The van der Waals surface area contributed by atoms with Crippen LogP contribution >= 0.6 is 0 Å². The van der Waals surface area contributed by atoms with Crippen molar-refractivity contribution in [3.63, 3.8) is 0 Å². The molecule has 1 atom stereocenters. The van der Waals surface area contributed by atoms with Gasteiger partial charge in [-0.15, -0.1) is 0 Å². The third kappa shape index (κ3) is 5.59. The Morgan fingerprint density at radius 3 is 2.20 bits per heavy atom. The van der Waals surface area contributed by atoms with E-state index in [-0.39, 0.29) is 40.7 Å². The number of benzene rings is 2. The molecule has 5 rings (SSSR count). The number of nitrogens with two attached hydrogens (primary N) is 1. The molecule has 7 nitrogen and oxygen atoms in total. The monoisotopic (exact) mass is 545 g/mol. The number of carbonyl (C=O) groups excluding carboxylic acids is 1. The maximum atomic E-state index is 13.3. The van der Waals surface area contributed by atoms with E-state index in [9.17, 15) is 23.9 Å². The predicted molar refractivity (Wildman–Crippen MR) is 152 cm³/mol. The lowest BCUT2D eigenvalue weighted by atomic mass is 9.76. The molecule has 0 unspecified atom stereocenters. The number of halogens is 1. The first-order valence-corrected chi connectivity index (χ1v) is 14.1. The molecular weight excluding hydrogens is 509 g/mol. The van der Waals surface area contributed by atoms with Gasteiger partial charge in [-0.25, -0.2) is 4.39 Å². The Labute approximate surface area is 233 Å². The highest BCUT2D eigenvalue weighted by Gasteiger charge is 2.48. The van der Waals surface area contributed by atoms with E-state index in [1.54, 1.807) is 0 Å². The SMILES string of the molecule is Nc1c(C(=O)c2ccc(F)cc2)ccc(=O)n1C1CCC(N[C@](Cc2ccccc2)(C(=O)O)C2CCCC2)CC1. The number of hydrogen-bond acceptors (Lipinski definition) is 5. The van der Waals surface area contributed by atoms with Crippen molar-refractivity contribution >= 4 is 17.6 Å². The van der Waals surface area contributed by atoms with E-state index in [0.717, 1.165) is 31.2 Å². The summed E-state index contributed by atoms with van der Waals surface area (Å²) in [5.74, 6) is -1.46. The Balaban J connectivity index is 1.34. The number of nitrogens with one attached hydrogen (secondary N) is 1. The topological polar surface area (TPSA) is 114 Å². The highest BCUT2D eigenvalue weighted by molar-refractivity contribution is 6.11. The number of hydrogen-bond donors (Lipinski definition) is 3. The summed E-state index contributed by atoms with van der Waals surface area (Å²) in [6.45, 7) is 0. The summed E-state index contributed by atoms with van der Waals surface area (Å²) in [4.78, 5) is 38.9. The summed E-state index contributed by atoms with van der Waals surface area (Å²) in [5.41, 5.74) is 6.58. The van der Waals surface area contributed by atoms with Crippen molar-refractivity contribution in [2.75, 3.05) is 5.73 Å². The molecule has 4 N–H and O–H groups in total. The molecule has 40 heavy (non-hydrogen) atoms. The first-order chi connectivity index (χ1) is 19.3. The lowest BCUT2D eigenvalue weighted by Crippen LogP contribution is -2.62. The maximum absolute atomic E-state index is 13.3. The van der Waals surface area contributed by atoms with Crippen LogP contribution in [0.3, 0.4) is 0 Å². The zero-order chi connectivity index (χ0) is 28.3. The van der Waals surface area contributed by atoms with Crippen LogP contribution < -0.4 is 16.6 Å². The number of aromatic nitrogens is 1. The van der Waals surface area contributed by atoms with E-state index < -0.39 is 17.3 Å². The molecule has 2 saturated carbocycles. The molecule has 2 aliphatic carbocycles. The summed E-state index contributed by atoms with van der Waals surface area (Å²) < 4.78 is 14.8. The Morgan fingerprint density at radius 2 is 1.57 bits per heavy atom. The van der Waals surface area contributed by atoms with Crippen molar-refractivity contribution in [1.82, 2.24) is 9.88 Å². The molecule has 2 aliphatic rings. The fourth-order valence-corrected chi connectivity index (χ4v) is 6.70. The molecule has 1 aromatic heterocycles. The number of anilines is 1. The van der Waals surface area contributed by atoms with E-state index in [0.29, 0.717) is 37.7 Å². The number of nitrogens with zero attached hydrogens (tertiary/aromatic N) is 1. The van der Waals surface area contributed by atoms with Crippen molar-refractivity contribution < 1.29 is 19.1 Å². The highest BCUT2D eigenvalue weighted by Crippen LogP contribution is 2.39. The molecule has 8 heteroatoms. The number of carboxylic acid groups (broad SMARTS) is 1. The smallest absolute Gasteiger partial charge is 0.324 e. The van der Waals surface area contributed by atoms with E-state index in [2.05, 4.69) is 5.32 Å². The van der Waals surface area contributed by atoms with E-state index >= 15 is 0 Å². The number of aliphatic carboxylic acids is 1.